The molecule has 0 fully saturated rings. The first-order valence-electron chi connectivity index (χ1n) is 8.10. The quantitative estimate of drug-likeness (QED) is 0.373. The average molecular weight is 459 g/mol. The average Bonchev–Trinajstić information content (AvgIpc) is 2.98. The summed E-state index contributed by atoms with van der Waals surface area (Å²) < 4.78 is 10.8. The van der Waals surface area contributed by atoms with Gasteiger partial charge in [0.25, 0.3) is 0 Å². The zero-order valence-electron chi connectivity index (χ0n) is 15.0. The second-order valence-corrected chi connectivity index (χ2v) is 6.03. The lowest BCUT2D eigenvalue weighted by Crippen LogP contribution is -2.23. The largest absolute Gasteiger partial charge is 0.491 e. The van der Waals surface area contributed by atoms with Crippen LogP contribution in [0.25, 0.3) is 0 Å². The van der Waals surface area contributed by atoms with Gasteiger partial charge in [-0.15, -0.1) is 24.0 Å². The molecule has 0 aliphatic carbocycles. The highest BCUT2D eigenvalue weighted by molar-refractivity contribution is 14.0. The summed E-state index contributed by atoms with van der Waals surface area (Å²) in [4.78, 5) is 8.57. The van der Waals surface area contributed by atoms with E-state index >= 15 is 0 Å². The molecule has 0 saturated heterocycles. The van der Waals surface area contributed by atoms with Crippen molar-refractivity contribution in [3.05, 3.63) is 36.0 Å². The van der Waals surface area contributed by atoms with E-state index in [1.54, 1.807) is 0 Å². The normalized spacial score (nSPS) is 11.5. The minimum absolute atomic E-state index is 0. The lowest BCUT2D eigenvalue weighted by Gasteiger charge is -2.10. The summed E-state index contributed by atoms with van der Waals surface area (Å²) in [5.41, 5.74) is 6.74. The van der Waals surface area contributed by atoms with E-state index in [1.807, 2.05) is 52.0 Å². The fourth-order valence-electron chi connectivity index (χ4n) is 1.95. The molecule has 0 aliphatic heterocycles. The van der Waals surface area contributed by atoms with E-state index in [4.69, 9.17) is 15.0 Å². The number of aromatic nitrogens is 2. The summed E-state index contributed by atoms with van der Waals surface area (Å²) in [5.74, 6) is 2.70. The summed E-state index contributed by atoms with van der Waals surface area (Å²) in [6.45, 7) is 8.50. The van der Waals surface area contributed by atoms with Gasteiger partial charge in [0.1, 0.15) is 5.75 Å². The van der Waals surface area contributed by atoms with E-state index < -0.39 is 0 Å². The Bertz CT molecular complexity index is 668. The van der Waals surface area contributed by atoms with E-state index in [9.17, 15) is 0 Å². The van der Waals surface area contributed by atoms with Crippen LogP contribution >= 0.6 is 24.0 Å². The van der Waals surface area contributed by atoms with Gasteiger partial charge in [-0.1, -0.05) is 19.0 Å². The number of anilines is 1. The fourth-order valence-corrected chi connectivity index (χ4v) is 1.95. The van der Waals surface area contributed by atoms with Crippen molar-refractivity contribution in [1.82, 2.24) is 10.1 Å². The van der Waals surface area contributed by atoms with E-state index in [0.717, 1.165) is 11.4 Å². The van der Waals surface area contributed by atoms with Gasteiger partial charge in [0.2, 0.25) is 5.89 Å². The van der Waals surface area contributed by atoms with Gasteiger partial charge in [-0.05, 0) is 38.1 Å². The monoisotopic (exact) mass is 459 g/mol. The SMILES string of the molecule is CC(C)Oc1ccc(NC(N)=NCCc2nc(C(C)C)no2)cc1.I. The third kappa shape index (κ3) is 7.29. The van der Waals surface area contributed by atoms with E-state index in [1.165, 1.54) is 0 Å². The van der Waals surface area contributed by atoms with Gasteiger partial charge >= 0.3 is 0 Å². The molecule has 8 heteroatoms. The Kier molecular flexibility index (Phi) is 8.67. The van der Waals surface area contributed by atoms with Crippen molar-refractivity contribution in [2.45, 2.75) is 46.1 Å². The molecule has 3 N–H and O–H groups in total. The molecule has 0 aliphatic rings. The minimum Gasteiger partial charge on any atom is -0.491 e. The molecule has 1 aromatic carbocycles. The number of benzene rings is 1. The molecule has 0 bridgehead atoms. The van der Waals surface area contributed by atoms with Crippen LogP contribution in [0.1, 0.15) is 45.3 Å². The molecule has 2 aromatic rings. The molecule has 1 aromatic heterocycles. The molecule has 138 valence electrons. The Morgan fingerprint density at radius 2 is 1.92 bits per heavy atom. The lowest BCUT2D eigenvalue weighted by atomic mass is 10.2. The van der Waals surface area contributed by atoms with Crippen molar-refractivity contribution in [2.24, 2.45) is 10.7 Å². The smallest absolute Gasteiger partial charge is 0.228 e. The first-order valence-corrected chi connectivity index (χ1v) is 8.10. The van der Waals surface area contributed by atoms with Crippen LogP contribution in [0.5, 0.6) is 5.75 Å². The number of rotatable bonds is 7. The second-order valence-electron chi connectivity index (χ2n) is 6.03. The fraction of sp³-hybridized carbons (Fsp3) is 0.471. The summed E-state index contributed by atoms with van der Waals surface area (Å²) in [5, 5.41) is 6.95. The summed E-state index contributed by atoms with van der Waals surface area (Å²) in [6, 6.07) is 7.57. The topological polar surface area (TPSA) is 98.6 Å². The van der Waals surface area contributed by atoms with E-state index in [-0.39, 0.29) is 36.0 Å². The molecule has 0 radical (unpaired) electrons. The highest BCUT2D eigenvalue weighted by atomic mass is 127. The highest BCUT2D eigenvalue weighted by Crippen LogP contribution is 2.16. The molecule has 1 heterocycles. The van der Waals surface area contributed by atoms with Crippen LogP contribution in [0, 0.1) is 0 Å². The van der Waals surface area contributed by atoms with Crippen molar-refractivity contribution in [3.63, 3.8) is 0 Å². The van der Waals surface area contributed by atoms with Crippen LogP contribution in [0.15, 0.2) is 33.8 Å². The molecule has 0 atom stereocenters. The molecule has 0 saturated carbocycles. The number of aliphatic imine (C=N–C) groups is 1. The van der Waals surface area contributed by atoms with Gasteiger partial charge in [0, 0.05) is 18.0 Å². The zero-order valence-corrected chi connectivity index (χ0v) is 17.4. The third-order valence-corrected chi connectivity index (χ3v) is 3.11. The number of hydrogen-bond donors (Lipinski definition) is 2. The first-order chi connectivity index (χ1) is 11.4. The van der Waals surface area contributed by atoms with Gasteiger partial charge in [-0.25, -0.2) is 0 Å². The van der Waals surface area contributed by atoms with Crippen molar-refractivity contribution in [2.75, 3.05) is 11.9 Å². The van der Waals surface area contributed by atoms with Crippen LogP contribution in [0.2, 0.25) is 0 Å². The number of nitrogens with one attached hydrogen (secondary N) is 1. The van der Waals surface area contributed by atoms with Crippen LogP contribution in [0.4, 0.5) is 5.69 Å². The molecule has 0 unspecified atom stereocenters. The summed E-state index contributed by atoms with van der Waals surface area (Å²) in [6.07, 6.45) is 0.708. The number of guanidine groups is 1. The molecular formula is C17H26IN5O2. The number of halogens is 1. The molecule has 25 heavy (non-hydrogen) atoms. The van der Waals surface area contributed by atoms with Gasteiger partial charge in [-0.3, -0.25) is 4.99 Å². The summed E-state index contributed by atoms with van der Waals surface area (Å²) >= 11 is 0. The van der Waals surface area contributed by atoms with Crippen LogP contribution in [0.3, 0.4) is 0 Å². The molecule has 7 nitrogen and oxygen atoms in total. The van der Waals surface area contributed by atoms with Crippen molar-refractivity contribution >= 4 is 35.6 Å². The van der Waals surface area contributed by atoms with Gasteiger partial charge < -0.3 is 20.3 Å². The number of nitrogens with two attached hydrogens (primary N) is 1. The van der Waals surface area contributed by atoms with E-state index in [0.29, 0.717) is 30.6 Å². The summed E-state index contributed by atoms with van der Waals surface area (Å²) in [7, 11) is 0. The maximum atomic E-state index is 5.88. The van der Waals surface area contributed by atoms with Crippen molar-refractivity contribution in [1.29, 1.82) is 0 Å². The predicted molar refractivity (Wildman–Crippen MR) is 110 cm³/mol. The molecule has 0 spiro atoms. The van der Waals surface area contributed by atoms with Crippen LogP contribution < -0.4 is 15.8 Å². The number of hydrogen-bond acceptors (Lipinski definition) is 5. The molecule has 2 rings (SSSR count). The van der Waals surface area contributed by atoms with Crippen molar-refractivity contribution in [3.8, 4) is 5.75 Å². The van der Waals surface area contributed by atoms with Gasteiger partial charge in [0.15, 0.2) is 11.8 Å². The van der Waals surface area contributed by atoms with E-state index in [2.05, 4.69) is 20.4 Å². The number of nitrogens with zero attached hydrogens (tertiary/aromatic N) is 3. The Labute approximate surface area is 165 Å². The Hall–Kier alpha value is -1.84. The van der Waals surface area contributed by atoms with Gasteiger partial charge in [0.05, 0.1) is 12.6 Å². The number of ether oxygens (including phenoxy) is 1. The lowest BCUT2D eigenvalue weighted by molar-refractivity contribution is 0.242. The van der Waals surface area contributed by atoms with Gasteiger partial charge in [-0.2, -0.15) is 4.98 Å². The zero-order chi connectivity index (χ0) is 17.5. The standard InChI is InChI=1S/C17H25N5O2.HI/c1-11(2)16-21-15(24-22-16)9-10-19-17(18)20-13-5-7-14(8-6-13)23-12(3)4;/h5-8,11-12H,9-10H2,1-4H3,(H3,18,19,20);1H. The predicted octanol–water partition coefficient (Wildman–Crippen LogP) is 3.57. The van der Waals surface area contributed by atoms with Crippen molar-refractivity contribution < 1.29 is 9.26 Å². The molecule has 0 amide bonds. The van der Waals surface area contributed by atoms with Crippen LogP contribution in [-0.4, -0.2) is 28.7 Å². The second kappa shape index (κ2) is 10.2. The Morgan fingerprint density at radius 1 is 1.24 bits per heavy atom. The minimum atomic E-state index is 0. The van der Waals surface area contributed by atoms with Crippen LogP contribution in [-0.2, 0) is 6.42 Å². The first kappa shape index (κ1) is 21.2. The molecular weight excluding hydrogens is 433 g/mol. The highest BCUT2D eigenvalue weighted by Gasteiger charge is 2.08. The Balaban J connectivity index is 0.00000312. The maximum absolute atomic E-state index is 5.88. The Morgan fingerprint density at radius 3 is 2.48 bits per heavy atom. The maximum Gasteiger partial charge on any atom is 0.228 e. The third-order valence-electron chi connectivity index (χ3n) is 3.11.